The summed E-state index contributed by atoms with van der Waals surface area (Å²) in [5, 5.41) is 2.61. The van der Waals surface area contributed by atoms with Crippen LogP contribution in [-0.4, -0.2) is 50.3 Å². The number of rotatable bonds is 6. The van der Waals surface area contributed by atoms with Crippen LogP contribution in [0, 0.1) is 0 Å². The van der Waals surface area contributed by atoms with E-state index < -0.39 is 40.4 Å². The van der Waals surface area contributed by atoms with E-state index in [1.54, 1.807) is 0 Å². The van der Waals surface area contributed by atoms with Crippen LogP contribution in [0.2, 0.25) is 0 Å². The number of nitrogens with one attached hydrogen (secondary N) is 1. The maximum absolute atomic E-state index is 12.8. The maximum atomic E-state index is 12.8. The smallest absolute Gasteiger partial charge is 0.411 e. The third kappa shape index (κ3) is 3.83. The Kier molecular flexibility index (Phi) is 5.01. The van der Waals surface area contributed by atoms with Gasteiger partial charge in [-0.25, -0.2) is 4.79 Å². The van der Waals surface area contributed by atoms with Gasteiger partial charge in [0.15, 0.2) is 6.10 Å². The molecule has 0 bridgehead atoms. The fourth-order valence-electron chi connectivity index (χ4n) is 3.74. The van der Waals surface area contributed by atoms with Gasteiger partial charge in [-0.2, -0.15) is 8.42 Å². The Morgan fingerprint density at radius 1 is 0.966 bits per heavy atom. The molecule has 2 aliphatic rings. The number of ether oxygens (including phenoxy) is 1. The highest BCUT2D eigenvalue weighted by Gasteiger charge is 2.55. The number of hydrogen-bond donors (Lipinski definition) is 1. The second-order valence-corrected chi connectivity index (χ2v) is 8.67. The first kappa shape index (κ1) is 19.4. The summed E-state index contributed by atoms with van der Waals surface area (Å²) in [6, 6.07) is 16.5. The molecular weight excluding hydrogens is 396 g/mol. The number of carbonyl (C=O) groups excluding carboxylic acids is 2. The highest BCUT2D eigenvalue weighted by molar-refractivity contribution is 7.85. The molecule has 2 aromatic carbocycles. The molecule has 4 rings (SSSR count). The standard InChI is InChI=1S/C20H20N2O6S/c1-29(25,26)27-12-15-17(19(23)21-15)22-16(13-8-4-2-5-9-13)18(28-20(22)24)14-10-6-3-7-11-14/h2-11,15-18H,12H2,1H3,(H,21,23). The van der Waals surface area contributed by atoms with E-state index in [-0.39, 0.29) is 12.5 Å². The molecule has 152 valence electrons. The highest BCUT2D eigenvalue weighted by Crippen LogP contribution is 2.45. The largest absolute Gasteiger partial charge is 0.439 e. The summed E-state index contributed by atoms with van der Waals surface area (Å²) in [5.41, 5.74) is 1.62. The van der Waals surface area contributed by atoms with E-state index in [1.165, 1.54) is 4.90 Å². The molecule has 2 fully saturated rings. The lowest BCUT2D eigenvalue weighted by molar-refractivity contribution is -0.137. The third-order valence-electron chi connectivity index (χ3n) is 5.03. The van der Waals surface area contributed by atoms with E-state index in [2.05, 4.69) is 5.32 Å². The molecule has 0 radical (unpaired) electrons. The molecule has 0 aliphatic carbocycles. The van der Waals surface area contributed by atoms with E-state index in [9.17, 15) is 18.0 Å². The normalized spacial score (nSPS) is 26.6. The van der Waals surface area contributed by atoms with Gasteiger partial charge in [-0.1, -0.05) is 60.7 Å². The van der Waals surface area contributed by atoms with Crippen LogP contribution in [0.3, 0.4) is 0 Å². The van der Waals surface area contributed by atoms with Crippen molar-refractivity contribution in [3.63, 3.8) is 0 Å². The maximum Gasteiger partial charge on any atom is 0.411 e. The van der Waals surface area contributed by atoms with Crippen LogP contribution in [0.4, 0.5) is 4.79 Å². The van der Waals surface area contributed by atoms with E-state index in [0.717, 1.165) is 17.4 Å². The van der Waals surface area contributed by atoms with Crippen molar-refractivity contribution < 1.29 is 26.9 Å². The zero-order chi connectivity index (χ0) is 20.6. The van der Waals surface area contributed by atoms with Gasteiger partial charge in [0.05, 0.1) is 18.9 Å². The molecule has 0 spiro atoms. The first-order chi connectivity index (χ1) is 13.8. The summed E-state index contributed by atoms with van der Waals surface area (Å²) in [6.07, 6.45) is -0.293. The molecular formula is C20H20N2O6S. The van der Waals surface area contributed by atoms with Gasteiger partial charge >= 0.3 is 6.09 Å². The van der Waals surface area contributed by atoms with Gasteiger partial charge < -0.3 is 10.1 Å². The van der Waals surface area contributed by atoms with Crippen molar-refractivity contribution in [2.24, 2.45) is 0 Å². The van der Waals surface area contributed by atoms with Crippen molar-refractivity contribution in [2.45, 2.75) is 24.2 Å². The molecule has 2 aliphatic heterocycles. The Morgan fingerprint density at radius 3 is 2.10 bits per heavy atom. The highest BCUT2D eigenvalue weighted by atomic mass is 32.2. The summed E-state index contributed by atoms with van der Waals surface area (Å²) < 4.78 is 33.2. The number of β-lactam (4-membered cyclic amide) rings is 1. The summed E-state index contributed by atoms with van der Waals surface area (Å²) in [7, 11) is -3.68. The molecule has 8 nitrogen and oxygen atoms in total. The van der Waals surface area contributed by atoms with E-state index in [1.807, 2.05) is 60.7 Å². The Balaban J connectivity index is 1.69. The minimum absolute atomic E-state index is 0.253. The summed E-state index contributed by atoms with van der Waals surface area (Å²) in [4.78, 5) is 26.6. The van der Waals surface area contributed by atoms with Gasteiger partial charge in [0.25, 0.3) is 10.1 Å². The number of amides is 2. The Hall–Kier alpha value is -2.91. The predicted molar refractivity (Wildman–Crippen MR) is 103 cm³/mol. The van der Waals surface area contributed by atoms with Crippen LogP contribution in [0.1, 0.15) is 23.3 Å². The Morgan fingerprint density at radius 2 is 1.55 bits per heavy atom. The lowest BCUT2D eigenvalue weighted by Crippen LogP contribution is -2.71. The van der Waals surface area contributed by atoms with Crippen molar-refractivity contribution in [1.29, 1.82) is 0 Å². The zero-order valence-electron chi connectivity index (χ0n) is 15.6. The minimum Gasteiger partial charge on any atom is -0.439 e. The number of hydrogen-bond acceptors (Lipinski definition) is 6. The van der Waals surface area contributed by atoms with Crippen LogP contribution >= 0.6 is 0 Å². The summed E-state index contributed by atoms with van der Waals surface area (Å²) >= 11 is 0. The average Bonchev–Trinajstić information content (AvgIpc) is 3.02. The van der Waals surface area contributed by atoms with Crippen LogP contribution < -0.4 is 5.32 Å². The average molecular weight is 416 g/mol. The van der Waals surface area contributed by atoms with Crippen LogP contribution in [0.25, 0.3) is 0 Å². The second-order valence-electron chi connectivity index (χ2n) is 7.03. The molecule has 29 heavy (non-hydrogen) atoms. The van der Waals surface area contributed by atoms with Gasteiger partial charge in [-0.15, -0.1) is 0 Å². The number of carbonyl (C=O) groups is 2. The Labute approximate surface area is 168 Å². The van der Waals surface area contributed by atoms with Crippen molar-refractivity contribution in [2.75, 3.05) is 12.9 Å². The topological polar surface area (TPSA) is 102 Å². The molecule has 2 aromatic rings. The zero-order valence-corrected chi connectivity index (χ0v) is 16.4. The van der Waals surface area contributed by atoms with Gasteiger partial charge in [0.1, 0.15) is 12.1 Å². The van der Waals surface area contributed by atoms with Crippen molar-refractivity contribution in [3.05, 3.63) is 71.8 Å². The number of nitrogens with zero attached hydrogens (tertiary/aromatic N) is 1. The fraction of sp³-hybridized carbons (Fsp3) is 0.300. The minimum atomic E-state index is -3.68. The molecule has 4 unspecified atom stereocenters. The molecule has 4 atom stereocenters. The second kappa shape index (κ2) is 7.49. The monoisotopic (exact) mass is 416 g/mol. The molecule has 1 N–H and O–H groups in total. The first-order valence-corrected chi connectivity index (χ1v) is 10.9. The molecule has 2 heterocycles. The first-order valence-electron chi connectivity index (χ1n) is 9.09. The number of benzene rings is 2. The predicted octanol–water partition coefficient (Wildman–Crippen LogP) is 1.76. The molecule has 2 amide bonds. The van der Waals surface area contributed by atoms with Crippen LogP contribution in [-0.2, 0) is 23.8 Å². The van der Waals surface area contributed by atoms with Crippen molar-refractivity contribution in [1.82, 2.24) is 10.2 Å². The van der Waals surface area contributed by atoms with Gasteiger partial charge in [-0.3, -0.25) is 13.9 Å². The van der Waals surface area contributed by atoms with E-state index >= 15 is 0 Å². The quantitative estimate of drug-likeness (QED) is 0.569. The Bertz CT molecular complexity index is 1010. The fourth-order valence-corrected chi connectivity index (χ4v) is 4.14. The van der Waals surface area contributed by atoms with Gasteiger partial charge in [0, 0.05) is 0 Å². The van der Waals surface area contributed by atoms with Gasteiger partial charge in [0.2, 0.25) is 5.91 Å². The molecule has 9 heteroatoms. The van der Waals surface area contributed by atoms with E-state index in [4.69, 9.17) is 8.92 Å². The van der Waals surface area contributed by atoms with Crippen molar-refractivity contribution >= 4 is 22.1 Å². The third-order valence-corrected chi connectivity index (χ3v) is 5.60. The van der Waals surface area contributed by atoms with E-state index in [0.29, 0.717) is 0 Å². The summed E-state index contributed by atoms with van der Waals surface area (Å²) in [5.74, 6) is -0.376. The van der Waals surface area contributed by atoms with Crippen LogP contribution in [0.5, 0.6) is 0 Å². The van der Waals surface area contributed by atoms with Crippen LogP contribution in [0.15, 0.2) is 60.7 Å². The molecule has 2 saturated heterocycles. The molecule has 0 saturated carbocycles. The summed E-state index contributed by atoms with van der Waals surface area (Å²) in [6.45, 7) is -0.253. The lowest BCUT2D eigenvalue weighted by Gasteiger charge is -2.43. The SMILES string of the molecule is CS(=O)(=O)OCC1NC(=O)C1N1C(=O)OC(c2ccccc2)C1c1ccccc1. The molecule has 0 aromatic heterocycles. The van der Waals surface area contributed by atoms with Crippen molar-refractivity contribution in [3.8, 4) is 0 Å². The van der Waals surface area contributed by atoms with Gasteiger partial charge in [-0.05, 0) is 11.1 Å². The number of cyclic esters (lactones) is 1. The lowest BCUT2D eigenvalue weighted by atomic mass is 9.90.